The molecule has 2 fully saturated rings. The SMILES string of the molecule is Cc1cc(C(=O)N2CCC[C@@H](N3CCCC3)C2)c2c(C)nn(C)c2n1. The van der Waals surface area contributed by atoms with Gasteiger partial charge in [0, 0.05) is 31.9 Å². The Bertz CT molecular complexity index is 806. The van der Waals surface area contributed by atoms with Crippen LogP contribution >= 0.6 is 0 Å². The minimum atomic E-state index is 0.135. The van der Waals surface area contributed by atoms with Crippen molar-refractivity contribution in [2.45, 2.75) is 45.6 Å². The van der Waals surface area contributed by atoms with Crippen LogP contribution < -0.4 is 0 Å². The number of fused-ring (bicyclic) bond motifs is 1. The smallest absolute Gasteiger partial charge is 0.254 e. The monoisotopic (exact) mass is 341 g/mol. The molecule has 0 bridgehead atoms. The van der Waals surface area contributed by atoms with E-state index in [1.807, 2.05) is 31.9 Å². The first kappa shape index (κ1) is 16.5. The molecule has 0 N–H and O–H groups in total. The molecule has 0 saturated carbocycles. The third kappa shape index (κ3) is 2.92. The zero-order valence-corrected chi connectivity index (χ0v) is 15.5. The van der Waals surface area contributed by atoms with Crippen molar-refractivity contribution in [1.29, 1.82) is 0 Å². The predicted octanol–water partition coefficient (Wildman–Crippen LogP) is 2.29. The zero-order valence-electron chi connectivity index (χ0n) is 15.5. The maximum Gasteiger partial charge on any atom is 0.254 e. The third-order valence-electron chi connectivity index (χ3n) is 5.67. The van der Waals surface area contributed by atoms with Gasteiger partial charge in [-0.25, -0.2) is 4.98 Å². The molecule has 2 aliphatic heterocycles. The van der Waals surface area contributed by atoms with E-state index >= 15 is 0 Å². The second kappa shape index (κ2) is 6.41. The number of rotatable bonds is 2. The van der Waals surface area contributed by atoms with Gasteiger partial charge in [0.05, 0.1) is 16.6 Å². The molecule has 2 aromatic heterocycles. The Morgan fingerprint density at radius 1 is 1.16 bits per heavy atom. The fourth-order valence-electron chi connectivity index (χ4n) is 4.45. The summed E-state index contributed by atoms with van der Waals surface area (Å²) in [6, 6.07) is 2.45. The third-order valence-corrected chi connectivity index (χ3v) is 5.67. The Labute approximate surface area is 148 Å². The Hall–Kier alpha value is -1.95. The van der Waals surface area contributed by atoms with E-state index in [0.717, 1.165) is 47.5 Å². The van der Waals surface area contributed by atoms with E-state index in [9.17, 15) is 4.79 Å². The highest BCUT2D eigenvalue weighted by Gasteiger charge is 2.31. The van der Waals surface area contributed by atoms with Gasteiger partial charge in [-0.2, -0.15) is 5.10 Å². The molecule has 4 rings (SSSR count). The van der Waals surface area contributed by atoms with Crippen molar-refractivity contribution in [3.05, 3.63) is 23.0 Å². The predicted molar refractivity (Wildman–Crippen MR) is 97.7 cm³/mol. The normalized spacial score (nSPS) is 22.0. The van der Waals surface area contributed by atoms with Gasteiger partial charge in [0.2, 0.25) is 0 Å². The molecular formula is C19H27N5O. The lowest BCUT2D eigenvalue weighted by molar-refractivity contribution is 0.0609. The standard InChI is InChI=1S/C19H27N5O/c1-13-11-16(17-14(2)21-22(3)18(17)20-13)19(25)24-10-6-7-15(12-24)23-8-4-5-9-23/h11,15H,4-10,12H2,1-3H3/t15-/m1/s1. The zero-order chi connectivity index (χ0) is 17.6. The molecule has 0 spiro atoms. The quantitative estimate of drug-likeness (QED) is 0.841. The van der Waals surface area contributed by atoms with Crippen LogP contribution in [0.3, 0.4) is 0 Å². The largest absolute Gasteiger partial charge is 0.337 e. The van der Waals surface area contributed by atoms with Crippen molar-refractivity contribution in [2.75, 3.05) is 26.2 Å². The molecule has 2 aliphatic rings. The highest BCUT2D eigenvalue weighted by molar-refractivity contribution is 6.06. The minimum absolute atomic E-state index is 0.135. The molecule has 6 heteroatoms. The van der Waals surface area contributed by atoms with Crippen LogP contribution in [0.4, 0.5) is 0 Å². The number of hydrogen-bond acceptors (Lipinski definition) is 4. The molecule has 0 radical (unpaired) electrons. The van der Waals surface area contributed by atoms with Crippen LogP contribution in [-0.2, 0) is 7.05 Å². The van der Waals surface area contributed by atoms with Gasteiger partial charge in [0.1, 0.15) is 0 Å². The molecule has 6 nitrogen and oxygen atoms in total. The molecule has 2 saturated heterocycles. The van der Waals surface area contributed by atoms with Crippen LogP contribution in [0.2, 0.25) is 0 Å². The molecule has 134 valence electrons. The molecule has 25 heavy (non-hydrogen) atoms. The number of pyridine rings is 1. The number of carbonyl (C=O) groups excluding carboxylic acids is 1. The number of likely N-dealkylation sites (tertiary alicyclic amines) is 2. The number of piperidine rings is 1. The summed E-state index contributed by atoms with van der Waals surface area (Å²) in [7, 11) is 1.89. The lowest BCUT2D eigenvalue weighted by atomic mass is 10.0. The number of hydrogen-bond donors (Lipinski definition) is 0. The average Bonchev–Trinajstić information content (AvgIpc) is 3.23. The molecule has 0 aromatic carbocycles. The van der Waals surface area contributed by atoms with Crippen molar-refractivity contribution in [3.8, 4) is 0 Å². The maximum absolute atomic E-state index is 13.3. The lowest BCUT2D eigenvalue weighted by Gasteiger charge is -2.37. The van der Waals surface area contributed by atoms with Gasteiger partial charge in [-0.1, -0.05) is 0 Å². The fourth-order valence-corrected chi connectivity index (χ4v) is 4.45. The lowest BCUT2D eigenvalue weighted by Crippen LogP contribution is -2.49. The molecule has 4 heterocycles. The van der Waals surface area contributed by atoms with Gasteiger partial charge in [0.25, 0.3) is 5.91 Å². The molecule has 0 unspecified atom stereocenters. The molecule has 1 atom stereocenters. The second-order valence-electron chi connectivity index (χ2n) is 7.51. The fraction of sp³-hybridized carbons (Fsp3) is 0.632. The van der Waals surface area contributed by atoms with Gasteiger partial charge in [-0.05, 0) is 58.7 Å². The second-order valence-corrected chi connectivity index (χ2v) is 7.51. The van der Waals surface area contributed by atoms with E-state index in [0.29, 0.717) is 6.04 Å². The highest BCUT2D eigenvalue weighted by atomic mass is 16.2. The van der Waals surface area contributed by atoms with E-state index in [1.54, 1.807) is 4.68 Å². The molecule has 0 aliphatic carbocycles. The van der Waals surface area contributed by atoms with E-state index < -0.39 is 0 Å². The van der Waals surface area contributed by atoms with Crippen LogP contribution in [-0.4, -0.2) is 62.7 Å². The summed E-state index contributed by atoms with van der Waals surface area (Å²) < 4.78 is 1.78. The van der Waals surface area contributed by atoms with Crippen molar-refractivity contribution < 1.29 is 4.79 Å². The number of aromatic nitrogens is 3. The van der Waals surface area contributed by atoms with Crippen LogP contribution in [0.25, 0.3) is 11.0 Å². The summed E-state index contributed by atoms with van der Waals surface area (Å²) in [5, 5.41) is 5.38. The van der Waals surface area contributed by atoms with Crippen LogP contribution in [0.5, 0.6) is 0 Å². The first-order chi connectivity index (χ1) is 12.0. The first-order valence-corrected chi connectivity index (χ1v) is 9.39. The van der Waals surface area contributed by atoms with Gasteiger partial charge < -0.3 is 4.90 Å². The summed E-state index contributed by atoms with van der Waals surface area (Å²) in [4.78, 5) is 22.5. The average molecular weight is 341 g/mol. The van der Waals surface area contributed by atoms with Crippen LogP contribution in [0.1, 0.15) is 47.4 Å². The summed E-state index contributed by atoms with van der Waals surface area (Å²) >= 11 is 0. The molecule has 2 aromatic rings. The van der Waals surface area contributed by atoms with E-state index in [2.05, 4.69) is 15.0 Å². The number of carbonyl (C=O) groups is 1. The van der Waals surface area contributed by atoms with E-state index in [1.165, 1.54) is 32.4 Å². The number of nitrogens with zero attached hydrogens (tertiary/aromatic N) is 5. The first-order valence-electron chi connectivity index (χ1n) is 9.39. The van der Waals surface area contributed by atoms with Gasteiger partial charge in [0.15, 0.2) is 5.65 Å². The molecule has 1 amide bonds. The Morgan fingerprint density at radius 2 is 1.92 bits per heavy atom. The summed E-state index contributed by atoms with van der Waals surface area (Å²) in [6.45, 7) is 7.98. The number of aryl methyl sites for hydroxylation is 3. The highest BCUT2D eigenvalue weighted by Crippen LogP contribution is 2.26. The van der Waals surface area contributed by atoms with Crippen molar-refractivity contribution in [3.63, 3.8) is 0 Å². The Morgan fingerprint density at radius 3 is 2.68 bits per heavy atom. The van der Waals surface area contributed by atoms with Gasteiger partial charge in [-0.3, -0.25) is 14.4 Å². The van der Waals surface area contributed by atoms with Crippen molar-refractivity contribution in [1.82, 2.24) is 24.6 Å². The summed E-state index contributed by atoms with van der Waals surface area (Å²) in [5.74, 6) is 0.135. The summed E-state index contributed by atoms with van der Waals surface area (Å²) in [6.07, 6.45) is 4.89. The van der Waals surface area contributed by atoms with Gasteiger partial charge in [-0.15, -0.1) is 0 Å². The van der Waals surface area contributed by atoms with Crippen LogP contribution in [0.15, 0.2) is 6.07 Å². The maximum atomic E-state index is 13.3. The van der Waals surface area contributed by atoms with Crippen molar-refractivity contribution >= 4 is 16.9 Å². The molecular weight excluding hydrogens is 314 g/mol. The minimum Gasteiger partial charge on any atom is -0.337 e. The van der Waals surface area contributed by atoms with E-state index in [4.69, 9.17) is 0 Å². The summed E-state index contributed by atoms with van der Waals surface area (Å²) in [5.41, 5.74) is 3.30. The Kier molecular flexibility index (Phi) is 4.23. The van der Waals surface area contributed by atoms with Crippen molar-refractivity contribution in [2.24, 2.45) is 7.05 Å². The Balaban J connectivity index is 1.65. The topological polar surface area (TPSA) is 54.3 Å². The number of amides is 1. The van der Waals surface area contributed by atoms with Crippen LogP contribution in [0, 0.1) is 13.8 Å². The van der Waals surface area contributed by atoms with Gasteiger partial charge >= 0.3 is 0 Å². The van der Waals surface area contributed by atoms with E-state index in [-0.39, 0.29) is 5.91 Å².